The van der Waals surface area contributed by atoms with Gasteiger partial charge in [-0.3, -0.25) is 9.59 Å². The van der Waals surface area contributed by atoms with Crippen molar-refractivity contribution in [3.8, 4) is 0 Å². The lowest BCUT2D eigenvalue weighted by atomic mass is 10.0. The number of hydrogen-bond acceptors (Lipinski definition) is 3. The molecule has 29 heavy (non-hydrogen) atoms. The van der Waals surface area contributed by atoms with Gasteiger partial charge in [-0.1, -0.05) is 61.0 Å². The van der Waals surface area contributed by atoms with Gasteiger partial charge in [-0.25, -0.2) is 0 Å². The molecule has 0 heterocycles. The minimum Gasteiger partial charge on any atom is -0.382 e. The molecule has 0 bridgehead atoms. The second-order valence-electron chi connectivity index (χ2n) is 6.66. The fraction of sp³-hybridized carbons (Fsp3) is 0.391. The summed E-state index contributed by atoms with van der Waals surface area (Å²) in [4.78, 5) is 27.6. The maximum Gasteiger partial charge on any atom is 0.247 e. The molecule has 2 aromatic rings. The van der Waals surface area contributed by atoms with Crippen molar-refractivity contribution in [3.63, 3.8) is 0 Å². The predicted molar refractivity (Wildman–Crippen MR) is 116 cm³/mol. The normalized spacial score (nSPS) is 11.7. The van der Waals surface area contributed by atoms with Crippen LogP contribution in [-0.4, -0.2) is 36.5 Å². The second kappa shape index (κ2) is 12.2. The van der Waals surface area contributed by atoms with Crippen molar-refractivity contribution in [1.29, 1.82) is 0 Å². The number of benzene rings is 2. The summed E-state index contributed by atoms with van der Waals surface area (Å²) in [5.74, 6) is -0.276. The molecule has 0 saturated heterocycles. The van der Waals surface area contributed by atoms with Gasteiger partial charge < -0.3 is 15.0 Å². The Morgan fingerprint density at radius 1 is 1.07 bits per heavy atom. The predicted octanol–water partition coefficient (Wildman–Crippen LogP) is 4.36. The third-order valence-electron chi connectivity index (χ3n) is 4.53. The number of amides is 2. The molecule has 1 atom stereocenters. The molecule has 0 radical (unpaired) electrons. The molecule has 0 aliphatic rings. The monoisotopic (exact) mass is 416 g/mol. The molecule has 0 aromatic heterocycles. The van der Waals surface area contributed by atoms with E-state index in [1.807, 2.05) is 49.4 Å². The van der Waals surface area contributed by atoms with E-state index in [0.717, 1.165) is 17.5 Å². The fourth-order valence-corrected chi connectivity index (χ4v) is 3.17. The molecule has 0 spiro atoms. The van der Waals surface area contributed by atoms with Crippen LogP contribution in [0.25, 0.3) is 0 Å². The standard InChI is InChI=1S/C23H29ClN2O3/c1-3-21(27)26(17-18-11-13-20(24)14-12-18)22(19-9-6-5-7-10-19)23(28)25-15-8-16-29-4-2/h5-7,9-14,22H,3-4,8,15-17H2,1-2H3,(H,25,28). The topological polar surface area (TPSA) is 58.6 Å². The lowest BCUT2D eigenvalue weighted by Gasteiger charge is -2.31. The highest BCUT2D eigenvalue weighted by Crippen LogP contribution is 2.25. The van der Waals surface area contributed by atoms with Gasteiger partial charge >= 0.3 is 0 Å². The van der Waals surface area contributed by atoms with Gasteiger partial charge in [0.05, 0.1) is 0 Å². The SMILES string of the molecule is CCOCCCNC(=O)C(c1ccccc1)N(Cc1ccc(Cl)cc1)C(=O)CC. The minimum atomic E-state index is -0.702. The van der Waals surface area contributed by atoms with Gasteiger partial charge in [0.2, 0.25) is 11.8 Å². The number of halogens is 1. The lowest BCUT2D eigenvalue weighted by Crippen LogP contribution is -2.43. The number of carbonyl (C=O) groups is 2. The molecule has 2 aromatic carbocycles. The summed E-state index contributed by atoms with van der Waals surface area (Å²) in [7, 11) is 0. The zero-order valence-electron chi connectivity index (χ0n) is 17.1. The number of carbonyl (C=O) groups excluding carboxylic acids is 2. The summed E-state index contributed by atoms with van der Waals surface area (Å²) in [6.45, 7) is 5.82. The molecule has 1 N–H and O–H groups in total. The van der Waals surface area contributed by atoms with Crippen LogP contribution in [0.1, 0.15) is 43.9 Å². The third kappa shape index (κ3) is 7.18. The van der Waals surface area contributed by atoms with E-state index in [2.05, 4.69) is 5.32 Å². The van der Waals surface area contributed by atoms with Gasteiger partial charge in [0.1, 0.15) is 6.04 Å². The van der Waals surface area contributed by atoms with E-state index in [-0.39, 0.29) is 11.8 Å². The van der Waals surface area contributed by atoms with E-state index in [1.54, 1.807) is 24.0 Å². The first kappa shape index (κ1) is 22.9. The van der Waals surface area contributed by atoms with E-state index in [0.29, 0.717) is 37.7 Å². The van der Waals surface area contributed by atoms with Crippen molar-refractivity contribution in [2.24, 2.45) is 0 Å². The van der Waals surface area contributed by atoms with Crippen molar-refractivity contribution in [2.75, 3.05) is 19.8 Å². The van der Waals surface area contributed by atoms with E-state index in [4.69, 9.17) is 16.3 Å². The van der Waals surface area contributed by atoms with Crippen molar-refractivity contribution in [3.05, 3.63) is 70.7 Å². The van der Waals surface area contributed by atoms with Gasteiger partial charge in [0, 0.05) is 37.7 Å². The molecular weight excluding hydrogens is 388 g/mol. The quantitative estimate of drug-likeness (QED) is 0.553. The smallest absolute Gasteiger partial charge is 0.247 e. The lowest BCUT2D eigenvalue weighted by molar-refractivity contribution is -0.141. The number of nitrogens with one attached hydrogen (secondary N) is 1. The Hall–Kier alpha value is -2.37. The molecular formula is C23H29ClN2O3. The Morgan fingerprint density at radius 2 is 1.76 bits per heavy atom. The van der Waals surface area contributed by atoms with Crippen LogP contribution in [-0.2, 0) is 20.9 Å². The summed E-state index contributed by atoms with van der Waals surface area (Å²) in [6, 6.07) is 16.0. The Bertz CT molecular complexity index is 765. The highest BCUT2D eigenvalue weighted by molar-refractivity contribution is 6.30. The Labute approximate surface area is 178 Å². The molecule has 2 amide bonds. The van der Waals surface area contributed by atoms with E-state index < -0.39 is 6.04 Å². The Morgan fingerprint density at radius 3 is 2.38 bits per heavy atom. The maximum atomic E-state index is 13.1. The molecule has 156 valence electrons. The molecule has 0 fully saturated rings. The third-order valence-corrected chi connectivity index (χ3v) is 4.79. The molecule has 1 unspecified atom stereocenters. The average Bonchev–Trinajstić information content (AvgIpc) is 2.74. The fourth-order valence-electron chi connectivity index (χ4n) is 3.05. The summed E-state index contributed by atoms with van der Waals surface area (Å²) < 4.78 is 5.33. The van der Waals surface area contributed by atoms with Crippen LogP contribution >= 0.6 is 11.6 Å². The van der Waals surface area contributed by atoms with E-state index >= 15 is 0 Å². The molecule has 5 nitrogen and oxygen atoms in total. The first-order chi connectivity index (χ1) is 14.1. The number of rotatable bonds is 11. The second-order valence-corrected chi connectivity index (χ2v) is 7.09. The van der Waals surface area contributed by atoms with Gasteiger partial charge in [-0.15, -0.1) is 0 Å². The minimum absolute atomic E-state index is 0.0849. The first-order valence-corrected chi connectivity index (χ1v) is 10.4. The van der Waals surface area contributed by atoms with Crippen LogP contribution in [0.5, 0.6) is 0 Å². The van der Waals surface area contributed by atoms with Crippen LogP contribution in [0.4, 0.5) is 0 Å². The molecule has 0 aliphatic carbocycles. The van der Waals surface area contributed by atoms with Crippen molar-refractivity contribution >= 4 is 23.4 Å². The Kier molecular flexibility index (Phi) is 9.68. The molecule has 2 rings (SSSR count). The summed E-state index contributed by atoms with van der Waals surface area (Å²) in [6.07, 6.45) is 1.04. The largest absolute Gasteiger partial charge is 0.382 e. The van der Waals surface area contributed by atoms with Gasteiger partial charge in [-0.2, -0.15) is 0 Å². The van der Waals surface area contributed by atoms with Crippen LogP contribution < -0.4 is 5.32 Å². The van der Waals surface area contributed by atoms with Crippen LogP contribution in [0.2, 0.25) is 5.02 Å². The van der Waals surface area contributed by atoms with Gasteiger partial charge in [0.15, 0.2) is 0 Å². The highest BCUT2D eigenvalue weighted by atomic mass is 35.5. The zero-order valence-corrected chi connectivity index (χ0v) is 17.8. The first-order valence-electron chi connectivity index (χ1n) is 10.0. The molecule has 6 heteroatoms. The average molecular weight is 417 g/mol. The van der Waals surface area contributed by atoms with Crippen molar-refractivity contribution < 1.29 is 14.3 Å². The van der Waals surface area contributed by atoms with Crippen LogP contribution in [0, 0.1) is 0 Å². The van der Waals surface area contributed by atoms with E-state index in [1.165, 1.54) is 0 Å². The summed E-state index contributed by atoms with van der Waals surface area (Å²) in [5, 5.41) is 3.59. The molecule has 0 aliphatic heterocycles. The number of hydrogen-bond donors (Lipinski definition) is 1. The van der Waals surface area contributed by atoms with Gasteiger partial charge in [-0.05, 0) is 36.6 Å². The number of ether oxygens (including phenoxy) is 1. The molecule has 0 saturated carbocycles. The maximum absolute atomic E-state index is 13.1. The number of nitrogens with zero attached hydrogens (tertiary/aromatic N) is 1. The Balaban J connectivity index is 2.25. The van der Waals surface area contributed by atoms with Crippen molar-refractivity contribution in [2.45, 2.75) is 39.3 Å². The summed E-state index contributed by atoms with van der Waals surface area (Å²) in [5.41, 5.74) is 1.70. The van der Waals surface area contributed by atoms with Gasteiger partial charge in [0.25, 0.3) is 0 Å². The highest BCUT2D eigenvalue weighted by Gasteiger charge is 2.30. The van der Waals surface area contributed by atoms with Crippen molar-refractivity contribution in [1.82, 2.24) is 10.2 Å². The summed E-state index contributed by atoms with van der Waals surface area (Å²) >= 11 is 5.99. The zero-order chi connectivity index (χ0) is 21.1. The van der Waals surface area contributed by atoms with Crippen LogP contribution in [0.3, 0.4) is 0 Å². The van der Waals surface area contributed by atoms with E-state index in [9.17, 15) is 9.59 Å². The van der Waals surface area contributed by atoms with Crippen LogP contribution in [0.15, 0.2) is 54.6 Å².